The highest BCUT2D eigenvalue weighted by Gasteiger charge is 2.33. The van der Waals surface area contributed by atoms with E-state index in [1.807, 2.05) is 0 Å². The Morgan fingerprint density at radius 3 is 2.23 bits per heavy atom. The Kier molecular flexibility index (Phi) is 7.56. The van der Waals surface area contributed by atoms with Crippen molar-refractivity contribution in [2.75, 3.05) is 11.4 Å². The second kappa shape index (κ2) is 12.0. The third-order valence-electron chi connectivity index (χ3n) is 10.4. The molecule has 3 heteroatoms. The zero-order valence-electron chi connectivity index (χ0n) is 27.9. The monoisotopic (exact) mass is 613 g/mol. The lowest BCUT2D eigenvalue weighted by molar-refractivity contribution is 0.456. The van der Waals surface area contributed by atoms with Gasteiger partial charge in [0.05, 0.1) is 11.6 Å². The first kappa shape index (κ1) is 29.5. The Labute approximate surface area is 279 Å². The number of benzene rings is 4. The van der Waals surface area contributed by atoms with Crippen LogP contribution in [-0.4, -0.2) is 16.9 Å². The Bertz CT molecular complexity index is 2060. The Hall–Kier alpha value is -4.89. The van der Waals surface area contributed by atoms with Gasteiger partial charge in [0, 0.05) is 46.4 Å². The number of aryl methyl sites for hydroxylation is 3. The number of amidine groups is 1. The van der Waals surface area contributed by atoms with E-state index in [4.69, 9.17) is 4.99 Å². The van der Waals surface area contributed by atoms with Gasteiger partial charge in [-0.3, -0.25) is 4.99 Å². The van der Waals surface area contributed by atoms with Gasteiger partial charge in [0.1, 0.15) is 5.84 Å². The molecule has 234 valence electrons. The van der Waals surface area contributed by atoms with Crippen LogP contribution in [0.2, 0.25) is 0 Å². The lowest BCUT2D eigenvalue weighted by atomic mass is 9.86. The number of aliphatic imine (C=N–C) groups is 1. The number of allylic oxidation sites excluding steroid dienone is 4. The lowest BCUT2D eigenvalue weighted by Gasteiger charge is -2.39. The van der Waals surface area contributed by atoms with E-state index in [0.717, 1.165) is 25.8 Å². The molecule has 8 rings (SSSR count). The Morgan fingerprint density at radius 2 is 1.49 bits per heavy atom. The van der Waals surface area contributed by atoms with Crippen LogP contribution in [0.4, 0.5) is 5.69 Å². The van der Waals surface area contributed by atoms with Crippen molar-refractivity contribution in [3.05, 3.63) is 154 Å². The molecule has 0 saturated carbocycles. The number of fused-ring (bicyclic) bond motifs is 3. The molecule has 2 heterocycles. The molecule has 3 atom stereocenters. The molecule has 5 aromatic rings. The van der Waals surface area contributed by atoms with E-state index < -0.39 is 0 Å². The third kappa shape index (κ3) is 5.28. The minimum Gasteiger partial charge on any atom is -0.329 e. The highest BCUT2D eigenvalue weighted by atomic mass is 15.2. The van der Waals surface area contributed by atoms with Crippen LogP contribution >= 0.6 is 0 Å². The molecule has 47 heavy (non-hydrogen) atoms. The van der Waals surface area contributed by atoms with Gasteiger partial charge in [-0.05, 0) is 104 Å². The molecule has 0 spiro atoms. The van der Waals surface area contributed by atoms with Crippen LogP contribution < -0.4 is 4.90 Å². The summed E-state index contributed by atoms with van der Waals surface area (Å²) < 4.78 is 2.50. The summed E-state index contributed by atoms with van der Waals surface area (Å²) >= 11 is 0. The van der Waals surface area contributed by atoms with Crippen molar-refractivity contribution in [1.82, 2.24) is 4.57 Å². The fraction of sp³-hybridized carbons (Fsp3) is 0.250. The smallest absolute Gasteiger partial charge is 0.111 e. The fourth-order valence-corrected chi connectivity index (χ4v) is 8.36. The molecular weight excluding hydrogens is 571 g/mol. The maximum absolute atomic E-state index is 5.48. The first-order valence-electron chi connectivity index (χ1n) is 17.2. The summed E-state index contributed by atoms with van der Waals surface area (Å²) in [6, 6.07) is 33.8. The molecule has 1 aliphatic heterocycles. The third-order valence-corrected chi connectivity index (χ3v) is 10.4. The number of aromatic nitrogens is 1. The van der Waals surface area contributed by atoms with Gasteiger partial charge in [-0.1, -0.05) is 97.5 Å². The summed E-state index contributed by atoms with van der Waals surface area (Å²) in [6.45, 7) is 10.0. The SMILES string of the molecule is Cc1cc(C)c(C2=Cc3c(n(-c4ccc(N5CC(C)C(c6ccccc6)N=C5C5C=CC=CC5)cc4)c4ccccc34)CC2)c(C)c1. The zero-order chi connectivity index (χ0) is 32.1. The number of hydrogen-bond donors (Lipinski definition) is 0. The number of hydrogen-bond acceptors (Lipinski definition) is 2. The summed E-state index contributed by atoms with van der Waals surface area (Å²) in [5.41, 5.74) is 14.8. The molecule has 0 saturated heterocycles. The van der Waals surface area contributed by atoms with E-state index in [1.54, 1.807) is 0 Å². The van der Waals surface area contributed by atoms with Crippen LogP contribution in [0, 0.1) is 32.6 Å². The Balaban J connectivity index is 1.18. The Morgan fingerprint density at radius 1 is 0.766 bits per heavy atom. The van der Waals surface area contributed by atoms with Gasteiger partial charge in [-0.25, -0.2) is 0 Å². The second-order valence-electron chi connectivity index (χ2n) is 13.8. The summed E-state index contributed by atoms with van der Waals surface area (Å²) in [5, 5.41) is 1.33. The molecule has 0 amide bonds. The quantitative estimate of drug-likeness (QED) is 0.193. The van der Waals surface area contributed by atoms with Crippen molar-refractivity contribution in [1.29, 1.82) is 0 Å². The average molecular weight is 614 g/mol. The van der Waals surface area contributed by atoms with Crippen molar-refractivity contribution >= 4 is 34.1 Å². The van der Waals surface area contributed by atoms with Gasteiger partial charge >= 0.3 is 0 Å². The largest absolute Gasteiger partial charge is 0.329 e. The van der Waals surface area contributed by atoms with E-state index in [1.165, 1.54) is 72.8 Å². The molecule has 0 N–H and O–H groups in total. The minimum atomic E-state index is 0.171. The van der Waals surface area contributed by atoms with Crippen molar-refractivity contribution in [2.45, 2.75) is 53.0 Å². The summed E-state index contributed by atoms with van der Waals surface area (Å²) in [4.78, 5) is 7.96. The minimum absolute atomic E-state index is 0.171. The topological polar surface area (TPSA) is 20.5 Å². The van der Waals surface area contributed by atoms with Gasteiger partial charge < -0.3 is 9.47 Å². The molecule has 0 bridgehead atoms. The van der Waals surface area contributed by atoms with Gasteiger partial charge in [-0.2, -0.15) is 0 Å². The molecule has 3 nitrogen and oxygen atoms in total. The van der Waals surface area contributed by atoms with Gasteiger partial charge in [0.2, 0.25) is 0 Å². The molecule has 2 aliphatic carbocycles. The molecule has 1 aromatic heterocycles. The molecule has 3 aliphatic rings. The van der Waals surface area contributed by atoms with Crippen LogP contribution in [0.25, 0.3) is 28.2 Å². The number of anilines is 1. The highest BCUT2D eigenvalue weighted by molar-refractivity contribution is 6.02. The highest BCUT2D eigenvalue weighted by Crippen LogP contribution is 2.41. The number of nitrogens with zero attached hydrogens (tertiary/aromatic N) is 3. The van der Waals surface area contributed by atoms with E-state index in [2.05, 4.69) is 159 Å². The van der Waals surface area contributed by atoms with E-state index >= 15 is 0 Å². The molecular formula is C44H43N3. The van der Waals surface area contributed by atoms with Crippen LogP contribution in [0.1, 0.15) is 64.9 Å². The van der Waals surface area contributed by atoms with Gasteiger partial charge in [0.25, 0.3) is 0 Å². The van der Waals surface area contributed by atoms with Crippen molar-refractivity contribution < 1.29 is 0 Å². The predicted molar refractivity (Wildman–Crippen MR) is 200 cm³/mol. The van der Waals surface area contributed by atoms with Crippen LogP contribution in [-0.2, 0) is 6.42 Å². The normalized spacial score (nSPS) is 20.7. The predicted octanol–water partition coefficient (Wildman–Crippen LogP) is 10.8. The van der Waals surface area contributed by atoms with E-state index in [-0.39, 0.29) is 12.0 Å². The fourth-order valence-electron chi connectivity index (χ4n) is 8.36. The molecule has 0 radical (unpaired) electrons. The zero-order valence-corrected chi connectivity index (χ0v) is 27.9. The van der Waals surface area contributed by atoms with Crippen LogP contribution in [0.15, 0.2) is 120 Å². The van der Waals surface area contributed by atoms with Crippen molar-refractivity contribution in [2.24, 2.45) is 16.8 Å². The summed E-state index contributed by atoms with van der Waals surface area (Å²) in [5.74, 6) is 1.85. The van der Waals surface area contributed by atoms with Crippen molar-refractivity contribution in [3.63, 3.8) is 0 Å². The molecule has 0 fully saturated rings. The van der Waals surface area contributed by atoms with Gasteiger partial charge in [0.15, 0.2) is 0 Å². The first-order valence-corrected chi connectivity index (χ1v) is 17.2. The van der Waals surface area contributed by atoms with Crippen LogP contribution in [0.3, 0.4) is 0 Å². The molecule has 4 aromatic carbocycles. The second-order valence-corrected chi connectivity index (χ2v) is 13.8. The standard InChI is InChI=1S/C44H43N3/c1-29-25-30(2)42(31(3)26-29)35-19-24-41-39(27-35)38-17-11-12-18-40(38)47(41)37-22-20-36(21-23-37)46-28-32(4)43(33-13-7-5-8-14-33)45-44(46)34-15-9-6-10-16-34/h5-15,17-18,20-23,25-27,32,34,43H,16,19,24,28H2,1-4H3. The lowest BCUT2D eigenvalue weighted by Crippen LogP contribution is -2.44. The van der Waals surface area contributed by atoms with Crippen LogP contribution in [0.5, 0.6) is 0 Å². The van der Waals surface area contributed by atoms with E-state index in [0.29, 0.717) is 5.92 Å². The first-order chi connectivity index (χ1) is 23.0. The van der Waals surface area contributed by atoms with E-state index in [9.17, 15) is 0 Å². The summed E-state index contributed by atoms with van der Waals surface area (Å²) in [7, 11) is 0. The maximum Gasteiger partial charge on any atom is 0.111 e. The number of rotatable bonds is 5. The van der Waals surface area contributed by atoms with Crippen molar-refractivity contribution in [3.8, 4) is 5.69 Å². The average Bonchev–Trinajstić information content (AvgIpc) is 3.42. The maximum atomic E-state index is 5.48. The van der Waals surface area contributed by atoms with Gasteiger partial charge in [-0.15, -0.1) is 0 Å². The summed E-state index contributed by atoms with van der Waals surface area (Å²) in [6.07, 6.45) is 14.4. The number of para-hydroxylation sites is 1. The molecule has 3 unspecified atom stereocenters.